The molecule has 0 saturated heterocycles. The number of fused-ring (bicyclic) bond motifs is 1. The van der Waals surface area contributed by atoms with Crippen molar-refractivity contribution in [1.82, 2.24) is 9.78 Å². The van der Waals surface area contributed by atoms with Gasteiger partial charge < -0.3 is 5.32 Å². The number of amides is 1. The molecule has 1 heterocycles. The first-order valence-corrected chi connectivity index (χ1v) is 12.2. The van der Waals surface area contributed by atoms with Gasteiger partial charge in [0.1, 0.15) is 5.82 Å². The van der Waals surface area contributed by atoms with Crippen molar-refractivity contribution >= 4 is 27.3 Å². The number of aromatic nitrogens is 2. The van der Waals surface area contributed by atoms with Crippen molar-refractivity contribution in [3.63, 3.8) is 0 Å². The summed E-state index contributed by atoms with van der Waals surface area (Å²) in [6, 6.07) is 11.1. The molecule has 1 aromatic heterocycles. The van der Waals surface area contributed by atoms with Crippen molar-refractivity contribution < 1.29 is 17.6 Å². The maximum atomic E-state index is 13.4. The molecule has 0 radical (unpaired) electrons. The SMILES string of the molecule is CCS(=O)(=O)Nc1ccc(NC(=O)c2nn(-c3ccc(F)cc3)c3c2CCCC3)cc1C. The Labute approximate surface area is 186 Å². The van der Waals surface area contributed by atoms with E-state index in [1.165, 1.54) is 12.1 Å². The van der Waals surface area contributed by atoms with Crippen LogP contribution in [0.4, 0.5) is 15.8 Å². The molecule has 7 nitrogen and oxygen atoms in total. The number of rotatable bonds is 6. The molecule has 1 aliphatic carbocycles. The van der Waals surface area contributed by atoms with E-state index in [4.69, 9.17) is 0 Å². The Balaban J connectivity index is 1.61. The fourth-order valence-corrected chi connectivity index (χ4v) is 4.57. The fraction of sp³-hybridized carbons (Fsp3) is 0.304. The highest BCUT2D eigenvalue weighted by molar-refractivity contribution is 7.92. The number of nitrogens with zero attached hydrogens (tertiary/aromatic N) is 2. The van der Waals surface area contributed by atoms with Crippen LogP contribution < -0.4 is 10.0 Å². The summed E-state index contributed by atoms with van der Waals surface area (Å²) in [5, 5.41) is 7.45. The van der Waals surface area contributed by atoms with Crippen LogP contribution in [0, 0.1) is 12.7 Å². The summed E-state index contributed by atoms with van der Waals surface area (Å²) in [6.45, 7) is 3.34. The Hall–Kier alpha value is -3.20. The van der Waals surface area contributed by atoms with Crippen LogP contribution in [0.2, 0.25) is 0 Å². The Morgan fingerprint density at radius 2 is 1.84 bits per heavy atom. The van der Waals surface area contributed by atoms with Crippen molar-refractivity contribution in [3.8, 4) is 5.69 Å². The maximum absolute atomic E-state index is 13.4. The van der Waals surface area contributed by atoms with Gasteiger partial charge in [0.25, 0.3) is 5.91 Å². The lowest BCUT2D eigenvalue weighted by Gasteiger charge is -2.14. The summed E-state index contributed by atoms with van der Waals surface area (Å²) in [4.78, 5) is 13.1. The molecule has 0 aliphatic heterocycles. The molecular formula is C23H25FN4O3S. The topological polar surface area (TPSA) is 93.1 Å². The number of benzene rings is 2. The molecule has 2 N–H and O–H groups in total. The normalized spacial score (nSPS) is 13.5. The van der Waals surface area contributed by atoms with Gasteiger partial charge >= 0.3 is 0 Å². The molecular weight excluding hydrogens is 431 g/mol. The Kier molecular flexibility index (Phi) is 6.01. The first-order chi connectivity index (χ1) is 15.3. The van der Waals surface area contributed by atoms with Crippen LogP contribution in [0.25, 0.3) is 5.69 Å². The van der Waals surface area contributed by atoms with E-state index in [0.29, 0.717) is 28.3 Å². The largest absolute Gasteiger partial charge is 0.321 e. The van der Waals surface area contributed by atoms with Crippen LogP contribution in [-0.2, 0) is 22.9 Å². The zero-order valence-corrected chi connectivity index (χ0v) is 18.8. The quantitative estimate of drug-likeness (QED) is 0.581. The Morgan fingerprint density at radius 1 is 1.12 bits per heavy atom. The minimum atomic E-state index is -3.38. The number of carbonyl (C=O) groups is 1. The van der Waals surface area contributed by atoms with Gasteiger partial charge in [-0.2, -0.15) is 5.10 Å². The number of sulfonamides is 1. The molecule has 3 aromatic rings. The van der Waals surface area contributed by atoms with Gasteiger partial charge in [0.2, 0.25) is 10.0 Å². The van der Waals surface area contributed by atoms with E-state index in [0.717, 1.165) is 36.9 Å². The summed E-state index contributed by atoms with van der Waals surface area (Å²) in [5.41, 5.74) is 4.69. The van der Waals surface area contributed by atoms with E-state index < -0.39 is 10.0 Å². The highest BCUT2D eigenvalue weighted by Crippen LogP contribution is 2.28. The molecule has 168 valence electrons. The highest BCUT2D eigenvalue weighted by atomic mass is 32.2. The minimum Gasteiger partial charge on any atom is -0.321 e. The number of nitrogens with one attached hydrogen (secondary N) is 2. The molecule has 4 rings (SSSR count). The number of hydrogen-bond acceptors (Lipinski definition) is 4. The lowest BCUT2D eigenvalue weighted by molar-refractivity contribution is 0.102. The summed E-state index contributed by atoms with van der Waals surface area (Å²) >= 11 is 0. The summed E-state index contributed by atoms with van der Waals surface area (Å²) in [7, 11) is -3.38. The smallest absolute Gasteiger partial charge is 0.276 e. The van der Waals surface area contributed by atoms with Crippen molar-refractivity contribution in [1.29, 1.82) is 0 Å². The van der Waals surface area contributed by atoms with E-state index in [-0.39, 0.29) is 17.5 Å². The zero-order valence-electron chi connectivity index (χ0n) is 18.0. The lowest BCUT2D eigenvalue weighted by Crippen LogP contribution is -2.17. The van der Waals surface area contributed by atoms with Crippen molar-refractivity contribution in [3.05, 3.63) is 70.8 Å². The van der Waals surface area contributed by atoms with Gasteiger partial charge in [0, 0.05) is 16.9 Å². The van der Waals surface area contributed by atoms with Gasteiger partial charge in [-0.05, 0) is 87.6 Å². The average molecular weight is 457 g/mol. The first-order valence-electron chi connectivity index (χ1n) is 10.6. The van der Waals surface area contributed by atoms with Gasteiger partial charge in [0.05, 0.1) is 17.1 Å². The van der Waals surface area contributed by atoms with E-state index in [2.05, 4.69) is 15.1 Å². The van der Waals surface area contributed by atoms with Gasteiger partial charge in [-0.3, -0.25) is 9.52 Å². The molecule has 1 aliphatic rings. The van der Waals surface area contributed by atoms with Crippen LogP contribution in [0.5, 0.6) is 0 Å². The Morgan fingerprint density at radius 3 is 2.53 bits per heavy atom. The van der Waals surface area contributed by atoms with Crippen LogP contribution in [0.15, 0.2) is 42.5 Å². The van der Waals surface area contributed by atoms with Crippen molar-refractivity contribution in [2.75, 3.05) is 15.8 Å². The van der Waals surface area contributed by atoms with Gasteiger partial charge in [-0.1, -0.05) is 0 Å². The highest BCUT2D eigenvalue weighted by Gasteiger charge is 2.26. The van der Waals surface area contributed by atoms with E-state index in [1.54, 1.807) is 48.9 Å². The predicted octanol–water partition coefficient (Wildman–Crippen LogP) is 4.21. The first kappa shape index (κ1) is 22.0. The Bertz CT molecular complexity index is 1270. The van der Waals surface area contributed by atoms with Crippen LogP contribution in [-0.4, -0.2) is 29.9 Å². The molecule has 2 aromatic carbocycles. The third kappa shape index (κ3) is 4.52. The van der Waals surface area contributed by atoms with Crippen molar-refractivity contribution in [2.24, 2.45) is 0 Å². The molecule has 0 bridgehead atoms. The number of halogens is 1. The van der Waals surface area contributed by atoms with E-state index in [9.17, 15) is 17.6 Å². The second-order valence-electron chi connectivity index (χ2n) is 7.86. The monoisotopic (exact) mass is 456 g/mol. The predicted molar refractivity (Wildman–Crippen MR) is 122 cm³/mol. The number of anilines is 2. The minimum absolute atomic E-state index is 0.0211. The fourth-order valence-electron chi connectivity index (χ4n) is 3.86. The average Bonchev–Trinajstić information content (AvgIpc) is 3.16. The second-order valence-corrected chi connectivity index (χ2v) is 9.87. The van der Waals surface area contributed by atoms with Crippen LogP contribution in [0.1, 0.15) is 47.1 Å². The molecule has 32 heavy (non-hydrogen) atoms. The van der Waals surface area contributed by atoms with Gasteiger partial charge in [0.15, 0.2) is 5.69 Å². The summed E-state index contributed by atoms with van der Waals surface area (Å²) in [6.07, 6.45) is 3.55. The summed E-state index contributed by atoms with van der Waals surface area (Å²) < 4.78 is 41.3. The van der Waals surface area contributed by atoms with Crippen molar-refractivity contribution in [2.45, 2.75) is 39.5 Å². The third-order valence-corrected chi connectivity index (χ3v) is 6.89. The molecule has 0 saturated carbocycles. The molecule has 0 fully saturated rings. The van der Waals surface area contributed by atoms with E-state index >= 15 is 0 Å². The zero-order chi connectivity index (χ0) is 22.9. The lowest BCUT2D eigenvalue weighted by atomic mass is 9.95. The second kappa shape index (κ2) is 8.74. The van der Waals surface area contributed by atoms with Crippen LogP contribution in [0.3, 0.4) is 0 Å². The molecule has 9 heteroatoms. The number of carbonyl (C=O) groups excluding carboxylic acids is 1. The molecule has 0 atom stereocenters. The standard InChI is InChI=1S/C23H25FN4O3S/c1-3-32(30,31)27-20-13-10-17(14-15(20)2)25-23(29)22-19-6-4-5-7-21(19)28(26-22)18-11-8-16(24)9-12-18/h8-14,27H,3-7H2,1-2H3,(H,25,29). The molecule has 0 unspecified atom stereocenters. The van der Waals surface area contributed by atoms with Gasteiger partial charge in [-0.25, -0.2) is 17.5 Å². The molecule has 1 amide bonds. The number of hydrogen-bond donors (Lipinski definition) is 2. The molecule has 0 spiro atoms. The van der Waals surface area contributed by atoms with E-state index in [1.807, 2.05) is 0 Å². The summed E-state index contributed by atoms with van der Waals surface area (Å²) in [5.74, 6) is -0.676. The van der Waals surface area contributed by atoms with Crippen LogP contribution >= 0.6 is 0 Å². The maximum Gasteiger partial charge on any atom is 0.276 e. The number of aryl methyl sites for hydroxylation is 1. The van der Waals surface area contributed by atoms with Gasteiger partial charge in [-0.15, -0.1) is 0 Å². The third-order valence-electron chi connectivity index (χ3n) is 5.60.